The summed E-state index contributed by atoms with van der Waals surface area (Å²) in [4.78, 5) is 15.4. The van der Waals surface area contributed by atoms with Crippen LogP contribution in [0.4, 0.5) is 0 Å². The van der Waals surface area contributed by atoms with E-state index >= 15 is 0 Å². The number of imidazole rings is 1. The monoisotopic (exact) mass is 316 g/mol. The first-order chi connectivity index (χ1) is 10.6. The maximum absolute atomic E-state index is 11.1. The number of carbonyl (C=O) groups is 1. The highest BCUT2D eigenvalue weighted by Crippen LogP contribution is 2.27. The lowest BCUT2D eigenvalue weighted by molar-refractivity contribution is -0.136. The normalized spacial score (nSPS) is 10.8. The molecule has 2 heterocycles. The number of aliphatic carboxylic acids is 1. The Morgan fingerprint density at radius 2 is 2.00 bits per heavy atom. The highest BCUT2D eigenvalue weighted by Gasteiger charge is 2.20. The molecular formula is C16H13ClN2O3. The van der Waals surface area contributed by atoms with Crippen molar-refractivity contribution in [1.29, 1.82) is 0 Å². The highest BCUT2D eigenvalue weighted by molar-refractivity contribution is 6.30. The van der Waals surface area contributed by atoms with Crippen molar-refractivity contribution < 1.29 is 14.3 Å². The number of carboxylic acid groups (broad SMARTS) is 1. The summed E-state index contributed by atoms with van der Waals surface area (Å²) in [7, 11) is 0. The SMILES string of the molecule is O=C(O)Cc1c(Cl)nc(-c2ccco2)n1Cc1ccccc1. The fourth-order valence-electron chi connectivity index (χ4n) is 2.30. The van der Waals surface area contributed by atoms with Crippen molar-refractivity contribution in [2.24, 2.45) is 0 Å². The van der Waals surface area contributed by atoms with Gasteiger partial charge < -0.3 is 14.1 Å². The molecule has 2 aromatic heterocycles. The van der Waals surface area contributed by atoms with E-state index in [1.165, 1.54) is 0 Å². The smallest absolute Gasteiger partial charge is 0.309 e. The van der Waals surface area contributed by atoms with Gasteiger partial charge >= 0.3 is 5.97 Å². The number of hydrogen-bond donors (Lipinski definition) is 1. The second-order valence-corrected chi connectivity index (χ2v) is 5.15. The average molecular weight is 317 g/mol. The fourth-order valence-corrected chi connectivity index (χ4v) is 2.55. The molecule has 0 atom stereocenters. The van der Waals surface area contributed by atoms with Crippen LogP contribution in [0.2, 0.25) is 5.15 Å². The third-order valence-electron chi connectivity index (χ3n) is 3.27. The van der Waals surface area contributed by atoms with Crippen LogP contribution in [-0.2, 0) is 17.8 Å². The van der Waals surface area contributed by atoms with Crippen molar-refractivity contribution in [3.8, 4) is 11.6 Å². The Hall–Kier alpha value is -2.53. The van der Waals surface area contributed by atoms with Gasteiger partial charge in [-0.3, -0.25) is 4.79 Å². The van der Waals surface area contributed by atoms with E-state index in [-0.39, 0.29) is 11.6 Å². The molecule has 1 N–H and O–H groups in total. The van der Waals surface area contributed by atoms with Gasteiger partial charge in [-0.05, 0) is 17.7 Å². The summed E-state index contributed by atoms with van der Waals surface area (Å²) in [5.74, 6) is 0.117. The van der Waals surface area contributed by atoms with Gasteiger partial charge in [0.25, 0.3) is 0 Å². The van der Waals surface area contributed by atoms with Crippen molar-refractivity contribution in [1.82, 2.24) is 9.55 Å². The third kappa shape index (κ3) is 2.89. The summed E-state index contributed by atoms with van der Waals surface area (Å²) >= 11 is 6.14. The Labute approximate surface area is 131 Å². The van der Waals surface area contributed by atoms with Crippen LogP contribution in [0, 0.1) is 0 Å². The number of furan rings is 1. The summed E-state index contributed by atoms with van der Waals surface area (Å²) in [5, 5.41) is 9.28. The molecule has 1 aromatic carbocycles. The third-order valence-corrected chi connectivity index (χ3v) is 3.57. The summed E-state index contributed by atoms with van der Waals surface area (Å²) in [6.07, 6.45) is 1.35. The molecule has 3 aromatic rings. The molecule has 0 saturated heterocycles. The Morgan fingerprint density at radius 3 is 2.64 bits per heavy atom. The lowest BCUT2D eigenvalue weighted by Crippen LogP contribution is -2.10. The zero-order chi connectivity index (χ0) is 15.5. The van der Waals surface area contributed by atoms with Gasteiger partial charge in [-0.25, -0.2) is 4.98 Å². The van der Waals surface area contributed by atoms with Crippen LogP contribution in [0.15, 0.2) is 53.1 Å². The Kier molecular flexibility index (Phi) is 3.98. The molecule has 0 radical (unpaired) electrons. The highest BCUT2D eigenvalue weighted by atomic mass is 35.5. The number of nitrogens with zero attached hydrogens (tertiary/aromatic N) is 2. The van der Waals surface area contributed by atoms with Crippen LogP contribution in [0.25, 0.3) is 11.6 Å². The average Bonchev–Trinajstić information content (AvgIpc) is 3.11. The second-order valence-electron chi connectivity index (χ2n) is 4.79. The quantitative estimate of drug-likeness (QED) is 0.782. The standard InChI is InChI=1S/C16H13ClN2O3/c17-15-12(9-14(20)21)19(10-11-5-2-1-3-6-11)16(18-15)13-7-4-8-22-13/h1-8H,9-10H2,(H,20,21). The van der Waals surface area contributed by atoms with Crippen LogP contribution in [0.3, 0.4) is 0 Å². The summed E-state index contributed by atoms with van der Waals surface area (Å²) in [6, 6.07) is 13.2. The molecule has 0 aliphatic carbocycles. The molecule has 0 fully saturated rings. The molecule has 0 aliphatic rings. The molecule has 0 unspecified atom stereocenters. The zero-order valence-electron chi connectivity index (χ0n) is 11.6. The number of halogens is 1. The van der Waals surface area contributed by atoms with Gasteiger partial charge in [0.1, 0.15) is 0 Å². The summed E-state index contributed by atoms with van der Waals surface area (Å²) in [5.41, 5.74) is 1.49. The van der Waals surface area contributed by atoms with E-state index in [0.717, 1.165) is 5.56 Å². The number of benzene rings is 1. The van der Waals surface area contributed by atoms with Gasteiger partial charge in [0.05, 0.1) is 18.4 Å². The molecule has 0 amide bonds. The van der Waals surface area contributed by atoms with E-state index in [1.807, 2.05) is 30.3 Å². The van der Waals surface area contributed by atoms with Gasteiger partial charge in [-0.2, -0.15) is 0 Å². The minimum atomic E-state index is -0.956. The van der Waals surface area contributed by atoms with Gasteiger partial charge in [0.15, 0.2) is 16.7 Å². The molecule has 112 valence electrons. The first kappa shape index (κ1) is 14.4. The van der Waals surface area contributed by atoms with Crippen LogP contribution in [0.1, 0.15) is 11.3 Å². The maximum atomic E-state index is 11.1. The van der Waals surface area contributed by atoms with Crippen LogP contribution in [-0.4, -0.2) is 20.6 Å². The van der Waals surface area contributed by atoms with E-state index in [9.17, 15) is 4.79 Å². The molecule has 3 rings (SSSR count). The van der Waals surface area contributed by atoms with E-state index in [1.54, 1.807) is 23.0 Å². The van der Waals surface area contributed by atoms with Gasteiger partial charge in [-0.1, -0.05) is 41.9 Å². The molecule has 22 heavy (non-hydrogen) atoms. The number of rotatable bonds is 5. The molecule has 0 saturated carbocycles. The van der Waals surface area contributed by atoms with E-state index in [2.05, 4.69) is 4.98 Å². The molecule has 6 heteroatoms. The predicted molar refractivity (Wildman–Crippen MR) is 81.8 cm³/mol. The number of hydrogen-bond acceptors (Lipinski definition) is 3. The van der Waals surface area contributed by atoms with E-state index in [0.29, 0.717) is 23.8 Å². The van der Waals surface area contributed by atoms with Crippen molar-refractivity contribution in [2.75, 3.05) is 0 Å². The maximum Gasteiger partial charge on any atom is 0.309 e. The van der Waals surface area contributed by atoms with Gasteiger partial charge in [-0.15, -0.1) is 0 Å². The first-order valence-corrected chi connectivity index (χ1v) is 7.07. The molecule has 0 aliphatic heterocycles. The first-order valence-electron chi connectivity index (χ1n) is 6.69. The van der Waals surface area contributed by atoms with E-state index < -0.39 is 5.97 Å². The van der Waals surface area contributed by atoms with Crippen LogP contribution < -0.4 is 0 Å². The van der Waals surface area contributed by atoms with Crippen molar-refractivity contribution >= 4 is 17.6 Å². The minimum Gasteiger partial charge on any atom is -0.481 e. The van der Waals surface area contributed by atoms with Crippen molar-refractivity contribution in [3.63, 3.8) is 0 Å². The summed E-state index contributed by atoms with van der Waals surface area (Å²) in [6.45, 7) is 0.471. The molecule has 0 spiro atoms. The largest absolute Gasteiger partial charge is 0.481 e. The lowest BCUT2D eigenvalue weighted by atomic mass is 10.2. The Balaban J connectivity index is 2.09. The number of aromatic nitrogens is 2. The van der Waals surface area contributed by atoms with Gasteiger partial charge in [0.2, 0.25) is 0 Å². The Bertz CT molecular complexity index is 779. The molecular weight excluding hydrogens is 304 g/mol. The van der Waals surface area contributed by atoms with Crippen molar-refractivity contribution in [3.05, 3.63) is 65.1 Å². The molecule has 5 nitrogen and oxygen atoms in total. The lowest BCUT2D eigenvalue weighted by Gasteiger charge is -2.10. The zero-order valence-corrected chi connectivity index (χ0v) is 12.3. The topological polar surface area (TPSA) is 68.3 Å². The second kappa shape index (κ2) is 6.07. The van der Waals surface area contributed by atoms with Gasteiger partial charge in [0, 0.05) is 6.54 Å². The number of carboxylic acids is 1. The fraction of sp³-hybridized carbons (Fsp3) is 0.125. The minimum absolute atomic E-state index is 0.185. The van der Waals surface area contributed by atoms with E-state index in [4.69, 9.17) is 21.1 Å². The predicted octanol–water partition coefficient (Wildman–Crippen LogP) is 3.47. The summed E-state index contributed by atoms with van der Waals surface area (Å²) < 4.78 is 7.16. The molecule has 0 bridgehead atoms. The van der Waals surface area contributed by atoms with Crippen molar-refractivity contribution in [2.45, 2.75) is 13.0 Å². The van der Waals surface area contributed by atoms with Crippen LogP contribution >= 0.6 is 11.6 Å². The Morgan fingerprint density at radius 1 is 1.23 bits per heavy atom. The van der Waals surface area contributed by atoms with Crippen LogP contribution in [0.5, 0.6) is 0 Å².